The molecule has 1 N–H and O–H groups in total. The van der Waals surface area contributed by atoms with Crippen LogP contribution in [0.3, 0.4) is 0 Å². The summed E-state index contributed by atoms with van der Waals surface area (Å²) in [5.41, 5.74) is 2.70. The molecule has 0 saturated carbocycles. The van der Waals surface area contributed by atoms with Crippen LogP contribution in [0.4, 0.5) is 5.69 Å². The minimum Gasteiger partial charge on any atom is -0.418 e. The van der Waals surface area contributed by atoms with E-state index in [9.17, 15) is 0 Å². The highest BCUT2D eigenvalue weighted by Crippen LogP contribution is 2.38. The molecule has 0 spiro atoms. The van der Waals surface area contributed by atoms with E-state index in [1.165, 1.54) is 0 Å². The fourth-order valence-electron chi connectivity index (χ4n) is 3.35. The van der Waals surface area contributed by atoms with Gasteiger partial charge in [0.05, 0.1) is 5.56 Å². The Morgan fingerprint density at radius 3 is 2.80 bits per heavy atom. The van der Waals surface area contributed by atoms with E-state index < -0.39 is 5.54 Å². The zero-order valence-corrected chi connectivity index (χ0v) is 14.4. The van der Waals surface area contributed by atoms with Gasteiger partial charge in [-0.1, -0.05) is 12.1 Å². The van der Waals surface area contributed by atoms with Gasteiger partial charge in [0.1, 0.15) is 5.54 Å². The molecule has 1 aromatic carbocycles. The quantitative estimate of drug-likeness (QED) is 0.791. The number of hydrogen-bond donors (Lipinski definition) is 1. The van der Waals surface area contributed by atoms with Crippen LogP contribution in [-0.4, -0.2) is 35.8 Å². The first-order valence-corrected chi connectivity index (χ1v) is 8.46. The summed E-state index contributed by atoms with van der Waals surface area (Å²) < 4.78 is 6.07. The zero-order valence-electron chi connectivity index (χ0n) is 14.4. The summed E-state index contributed by atoms with van der Waals surface area (Å²) in [6.45, 7) is 0.927. The van der Waals surface area contributed by atoms with Gasteiger partial charge >= 0.3 is 0 Å². The average molecular weight is 335 g/mol. The molecule has 1 saturated heterocycles. The van der Waals surface area contributed by atoms with Gasteiger partial charge < -0.3 is 9.32 Å². The standard InChI is InChI=1S/C19H21N5O/c1-24(2)16-8-3-7-15(12-16)19(9-5-11-21-19)18-23-22-17(25-18)14-6-4-10-20-13-14/h3-4,6-8,10,12-13,21H,5,9,11H2,1-2H3. The number of anilines is 1. The van der Waals surface area contributed by atoms with Crippen molar-refractivity contribution in [2.45, 2.75) is 18.4 Å². The Kier molecular flexibility index (Phi) is 3.97. The maximum absolute atomic E-state index is 6.07. The fourth-order valence-corrected chi connectivity index (χ4v) is 3.35. The smallest absolute Gasteiger partial charge is 0.249 e. The molecule has 0 amide bonds. The molecule has 1 fully saturated rings. The van der Waals surface area contributed by atoms with Gasteiger partial charge in [-0.15, -0.1) is 10.2 Å². The minimum atomic E-state index is -0.431. The predicted octanol–water partition coefficient (Wildman–Crippen LogP) is 2.82. The van der Waals surface area contributed by atoms with E-state index >= 15 is 0 Å². The third-order valence-corrected chi connectivity index (χ3v) is 4.71. The Bertz CT molecular complexity index is 853. The average Bonchev–Trinajstić information content (AvgIpc) is 3.33. The number of rotatable bonds is 4. The molecule has 2 aromatic heterocycles. The highest BCUT2D eigenvalue weighted by molar-refractivity contribution is 5.52. The number of nitrogens with one attached hydrogen (secondary N) is 1. The Labute approximate surface area is 146 Å². The molecule has 25 heavy (non-hydrogen) atoms. The lowest BCUT2D eigenvalue weighted by molar-refractivity contribution is 0.350. The topological polar surface area (TPSA) is 67.1 Å². The van der Waals surface area contributed by atoms with Gasteiger partial charge in [0.25, 0.3) is 0 Å². The SMILES string of the molecule is CN(C)c1cccc(C2(c3nnc(-c4cccnc4)o3)CCCN2)c1. The molecule has 1 unspecified atom stereocenters. The molecule has 1 aliphatic heterocycles. The number of hydrogen-bond acceptors (Lipinski definition) is 6. The third-order valence-electron chi connectivity index (χ3n) is 4.71. The first kappa shape index (κ1) is 15.8. The molecular weight excluding hydrogens is 314 g/mol. The summed E-state index contributed by atoms with van der Waals surface area (Å²) in [5, 5.41) is 12.2. The molecular formula is C19H21N5O. The van der Waals surface area contributed by atoms with Crippen LogP contribution in [0.2, 0.25) is 0 Å². The molecule has 4 rings (SSSR count). The Hall–Kier alpha value is -2.73. The molecule has 6 nitrogen and oxygen atoms in total. The molecule has 1 atom stereocenters. The lowest BCUT2D eigenvalue weighted by atomic mass is 9.88. The van der Waals surface area contributed by atoms with Gasteiger partial charge in [-0.25, -0.2) is 0 Å². The first-order valence-electron chi connectivity index (χ1n) is 8.46. The van der Waals surface area contributed by atoms with Crippen LogP contribution in [0, 0.1) is 0 Å². The summed E-state index contributed by atoms with van der Waals surface area (Å²) in [6.07, 6.45) is 5.46. The van der Waals surface area contributed by atoms with Gasteiger partial charge in [0, 0.05) is 32.2 Å². The van der Waals surface area contributed by atoms with E-state index in [1.54, 1.807) is 12.4 Å². The van der Waals surface area contributed by atoms with E-state index in [0.717, 1.165) is 36.2 Å². The van der Waals surface area contributed by atoms with E-state index in [4.69, 9.17) is 4.42 Å². The maximum Gasteiger partial charge on any atom is 0.249 e. The van der Waals surface area contributed by atoms with Crippen molar-refractivity contribution in [3.05, 3.63) is 60.2 Å². The van der Waals surface area contributed by atoms with E-state index in [-0.39, 0.29) is 0 Å². The Morgan fingerprint density at radius 1 is 1.16 bits per heavy atom. The second kappa shape index (κ2) is 6.29. The second-order valence-corrected chi connectivity index (χ2v) is 6.53. The molecule has 0 aliphatic carbocycles. The van der Waals surface area contributed by atoms with Crippen molar-refractivity contribution in [2.24, 2.45) is 0 Å². The fraction of sp³-hybridized carbons (Fsp3) is 0.316. The van der Waals surface area contributed by atoms with Gasteiger partial charge in [-0.2, -0.15) is 0 Å². The summed E-state index contributed by atoms with van der Waals surface area (Å²) in [6, 6.07) is 12.3. The minimum absolute atomic E-state index is 0.431. The van der Waals surface area contributed by atoms with Crippen LogP contribution in [0.5, 0.6) is 0 Å². The molecule has 1 aliphatic rings. The van der Waals surface area contributed by atoms with Crippen LogP contribution < -0.4 is 10.2 Å². The number of nitrogens with zero attached hydrogens (tertiary/aromatic N) is 4. The van der Waals surface area contributed by atoms with Crippen molar-refractivity contribution < 1.29 is 4.42 Å². The van der Waals surface area contributed by atoms with Crippen molar-refractivity contribution in [3.8, 4) is 11.5 Å². The largest absolute Gasteiger partial charge is 0.418 e. The van der Waals surface area contributed by atoms with E-state index in [0.29, 0.717) is 11.8 Å². The molecule has 0 radical (unpaired) electrons. The predicted molar refractivity (Wildman–Crippen MR) is 96.3 cm³/mol. The number of aromatic nitrogens is 3. The summed E-state index contributed by atoms with van der Waals surface area (Å²) in [7, 11) is 4.09. The second-order valence-electron chi connectivity index (χ2n) is 6.53. The lowest BCUT2D eigenvalue weighted by Crippen LogP contribution is -2.38. The van der Waals surface area contributed by atoms with Gasteiger partial charge in [0.15, 0.2) is 0 Å². The molecule has 3 aromatic rings. The summed E-state index contributed by atoms with van der Waals surface area (Å²) in [4.78, 5) is 6.22. The van der Waals surface area contributed by atoms with Crippen molar-refractivity contribution in [2.75, 3.05) is 25.5 Å². The van der Waals surface area contributed by atoms with Gasteiger partial charge in [-0.05, 0) is 49.2 Å². The molecule has 128 valence electrons. The summed E-state index contributed by atoms with van der Waals surface area (Å²) in [5.74, 6) is 1.11. The van der Waals surface area contributed by atoms with Crippen molar-refractivity contribution >= 4 is 5.69 Å². The van der Waals surface area contributed by atoms with Crippen molar-refractivity contribution in [1.29, 1.82) is 0 Å². The Balaban J connectivity index is 1.77. The van der Waals surface area contributed by atoms with Crippen molar-refractivity contribution in [1.82, 2.24) is 20.5 Å². The molecule has 6 heteroatoms. The lowest BCUT2D eigenvalue weighted by Gasteiger charge is -2.27. The summed E-state index contributed by atoms with van der Waals surface area (Å²) >= 11 is 0. The van der Waals surface area contributed by atoms with Crippen LogP contribution in [-0.2, 0) is 5.54 Å². The normalized spacial score (nSPS) is 19.9. The van der Waals surface area contributed by atoms with Crippen LogP contribution in [0.1, 0.15) is 24.3 Å². The van der Waals surface area contributed by atoms with Crippen LogP contribution in [0.25, 0.3) is 11.5 Å². The van der Waals surface area contributed by atoms with Crippen LogP contribution in [0.15, 0.2) is 53.2 Å². The molecule has 0 bridgehead atoms. The van der Waals surface area contributed by atoms with Gasteiger partial charge in [-0.3, -0.25) is 10.3 Å². The Morgan fingerprint density at radius 2 is 2.08 bits per heavy atom. The number of pyridine rings is 1. The highest BCUT2D eigenvalue weighted by Gasteiger charge is 2.42. The van der Waals surface area contributed by atoms with Crippen molar-refractivity contribution in [3.63, 3.8) is 0 Å². The van der Waals surface area contributed by atoms with E-state index in [1.807, 2.05) is 26.2 Å². The zero-order chi connectivity index (χ0) is 17.3. The highest BCUT2D eigenvalue weighted by atomic mass is 16.4. The third kappa shape index (κ3) is 2.78. The monoisotopic (exact) mass is 335 g/mol. The van der Waals surface area contributed by atoms with Crippen LogP contribution >= 0.6 is 0 Å². The van der Waals surface area contributed by atoms with E-state index in [2.05, 4.69) is 49.7 Å². The maximum atomic E-state index is 6.07. The van der Waals surface area contributed by atoms with Gasteiger partial charge in [0.2, 0.25) is 11.8 Å². The molecule has 3 heterocycles. The first-order chi connectivity index (χ1) is 12.2. The number of benzene rings is 1.